The van der Waals surface area contributed by atoms with Crippen LogP contribution >= 0.6 is 11.6 Å². The lowest BCUT2D eigenvalue weighted by molar-refractivity contribution is 0.112. The van der Waals surface area contributed by atoms with Crippen LogP contribution in [0.1, 0.15) is 42.3 Å². The van der Waals surface area contributed by atoms with Crippen LogP contribution in [-0.4, -0.2) is 6.29 Å². The Morgan fingerprint density at radius 1 is 1.05 bits per heavy atom. The van der Waals surface area contributed by atoms with E-state index in [1.807, 2.05) is 12.1 Å². The molecule has 0 bridgehead atoms. The van der Waals surface area contributed by atoms with Gasteiger partial charge in [0.15, 0.2) is 6.29 Å². The second-order valence-corrected chi connectivity index (χ2v) is 6.59. The van der Waals surface area contributed by atoms with Gasteiger partial charge in [-0.3, -0.25) is 4.79 Å². The average Bonchev–Trinajstić information content (AvgIpc) is 2.40. The van der Waals surface area contributed by atoms with Gasteiger partial charge >= 0.3 is 0 Å². The fourth-order valence-electron chi connectivity index (χ4n) is 2.13. The van der Waals surface area contributed by atoms with E-state index >= 15 is 0 Å². The zero-order valence-electron chi connectivity index (χ0n) is 12.7. The van der Waals surface area contributed by atoms with Crippen LogP contribution in [0.5, 0.6) is 11.5 Å². The molecule has 2 rings (SSSR count). The van der Waals surface area contributed by atoms with Gasteiger partial charge in [0.2, 0.25) is 0 Å². The van der Waals surface area contributed by atoms with Crippen molar-refractivity contribution in [2.45, 2.75) is 33.1 Å². The Hall–Kier alpha value is -1.80. The summed E-state index contributed by atoms with van der Waals surface area (Å²) in [7, 11) is 0. The summed E-state index contributed by atoms with van der Waals surface area (Å²) in [5.41, 5.74) is 2.70. The van der Waals surface area contributed by atoms with Gasteiger partial charge < -0.3 is 4.74 Å². The number of aldehydes is 1. The van der Waals surface area contributed by atoms with Gasteiger partial charge in [-0.2, -0.15) is 0 Å². The van der Waals surface area contributed by atoms with Gasteiger partial charge in [-0.25, -0.2) is 0 Å². The molecule has 0 unspecified atom stereocenters. The molecule has 2 aromatic rings. The molecular weight excluding hydrogens is 284 g/mol. The van der Waals surface area contributed by atoms with Crippen molar-refractivity contribution in [1.29, 1.82) is 0 Å². The minimum absolute atomic E-state index is 0.0543. The summed E-state index contributed by atoms with van der Waals surface area (Å²) in [6.07, 6.45) is 0.774. The Kier molecular flexibility index (Phi) is 4.38. The third kappa shape index (κ3) is 3.64. The molecule has 21 heavy (non-hydrogen) atoms. The first kappa shape index (κ1) is 15.6. The van der Waals surface area contributed by atoms with Crippen molar-refractivity contribution in [3.8, 4) is 11.5 Å². The molecule has 2 nitrogen and oxygen atoms in total. The molecule has 0 N–H and O–H groups in total. The highest BCUT2D eigenvalue weighted by molar-refractivity contribution is 6.30. The van der Waals surface area contributed by atoms with Crippen LogP contribution in [0.15, 0.2) is 36.4 Å². The summed E-state index contributed by atoms with van der Waals surface area (Å²) in [5, 5.41) is 0.542. The molecule has 0 atom stereocenters. The van der Waals surface area contributed by atoms with Crippen molar-refractivity contribution >= 4 is 17.9 Å². The summed E-state index contributed by atoms with van der Waals surface area (Å²) in [5.74, 6) is 1.23. The predicted molar refractivity (Wildman–Crippen MR) is 86.8 cm³/mol. The third-order valence-electron chi connectivity index (χ3n) is 3.27. The van der Waals surface area contributed by atoms with Gasteiger partial charge in [-0.15, -0.1) is 0 Å². The molecule has 0 saturated carbocycles. The Balaban J connectivity index is 2.50. The molecular formula is C18H19ClO2. The smallest absolute Gasteiger partial charge is 0.153 e. The highest BCUT2D eigenvalue weighted by Crippen LogP contribution is 2.36. The molecule has 0 aliphatic heterocycles. The van der Waals surface area contributed by atoms with Crippen molar-refractivity contribution in [3.05, 3.63) is 58.1 Å². The highest BCUT2D eigenvalue weighted by Gasteiger charge is 2.20. The predicted octanol–water partition coefficient (Wildman–Crippen LogP) is 5.55. The molecule has 0 radical (unpaired) electrons. The van der Waals surface area contributed by atoms with Crippen LogP contribution in [0.2, 0.25) is 5.02 Å². The fraction of sp³-hybridized carbons (Fsp3) is 0.278. The zero-order valence-corrected chi connectivity index (χ0v) is 13.5. The number of hydrogen-bond acceptors (Lipinski definition) is 2. The number of carbonyl (C=O) groups excluding carboxylic acids is 1. The molecule has 0 aliphatic carbocycles. The van der Waals surface area contributed by atoms with Gasteiger partial charge in [-0.05, 0) is 30.5 Å². The molecule has 0 fully saturated rings. The first-order valence-electron chi connectivity index (χ1n) is 6.85. The average molecular weight is 303 g/mol. The lowest BCUT2D eigenvalue weighted by Gasteiger charge is -2.23. The van der Waals surface area contributed by atoms with Crippen molar-refractivity contribution < 1.29 is 9.53 Å². The van der Waals surface area contributed by atoms with Gasteiger partial charge in [0.25, 0.3) is 0 Å². The summed E-state index contributed by atoms with van der Waals surface area (Å²) in [4.78, 5) is 11.1. The van der Waals surface area contributed by atoms with Gasteiger partial charge in [0.1, 0.15) is 11.5 Å². The molecule has 2 aromatic carbocycles. The second-order valence-electron chi connectivity index (χ2n) is 6.15. The Bertz CT molecular complexity index is 669. The van der Waals surface area contributed by atoms with Crippen molar-refractivity contribution in [2.75, 3.05) is 0 Å². The quantitative estimate of drug-likeness (QED) is 0.695. The maximum atomic E-state index is 11.1. The largest absolute Gasteiger partial charge is 0.456 e. The van der Waals surface area contributed by atoms with E-state index < -0.39 is 0 Å². The molecule has 0 aromatic heterocycles. The monoisotopic (exact) mass is 302 g/mol. The number of rotatable bonds is 3. The first-order chi connectivity index (χ1) is 9.81. The topological polar surface area (TPSA) is 26.3 Å². The van der Waals surface area contributed by atoms with E-state index in [0.29, 0.717) is 16.3 Å². The van der Waals surface area contributed by atoms with Crippen LogP contribution in [0.3, 0.4) is 0 Å². The minimum atomic E-state index is -0.0543. The van der Waals surface area contributed by atoms with Gasteiger partial charge in [-0.1, -0.05) is 50.1 Å². The van der Waals surface area contributed by atoms with Gasteiger partial charge in [0.05, 0.1) is 5.56 Å². The van der Waals surface area contributed by atoms with E-state index in [9.17, 15) is 4.79 Å². The summed E-state index contributed by atoms with van der Waals surface area (Å²) in [6, 6.07) is 11.0. The number of benzene rings is 2. The summed E-state index contributed by atoms with van der Waals surface area (Å²) in [6.45, 7) is 8.45. The molecule has 0 saturated heterocycles. The van der Waals surface area contributed by atoms with Crippen molar-refractivity contribution in [2.24, 2.45) is 0 Å². The number of aryl methyl sites for hydroxylation is 1. The maximum absolute atomic E-state index is 11.1. The maximum Gasteiger partial charge on any atom is 0.153 e. The van der Waals surface area contributed by atoms with E-state index in [2.05, 4.69) is 33.8 Å². The molecule has 110 valence electrons. The Morgan fingerprint density at radius 2 is 1.76 bits per heavy atom. The second kappa shape index (κ2) is 5.90. The number of halogens is 1. The van der Waals surface area contributed by atoms with Crippen molar-refractivity contribution in [3.63, 3.8) is 0 Å². The van der Waals surface area contributed by atoms with Crippen LogP contribution in [0.25, 0.3) is 0 Å². The molecule has 0 amide bonds. The minimum Gasteiger partial charge on any atom is -0.456 e. The Morgan fingerprint density at radius 3 is 2.38 bits per heavy atom. The van der Waals surface area contributed by atoms with Gasteiger partial charge in [0, 0.05) is 16.7 Å². The van der Waals surface area contributed by atoms with E-state index in [4.69, 9.17) is 16.3 Å². The molecule has 0 aliphatic rings. The van der Waals surface area contributed by atoms with E-state index in [-0.39, 0.29) is 5.41 Å². The van der Waals surface area contributed by atoms with Crippen LogP contribution in [0, 0.1) is 6.92 Å². The normalized spacial score (nSPS) is 11.3. The highest BCUT2D eigenvalue weighted by atomic mass is 35.5. The molecule has 3 heteroatoms. The number of carbonyl (C=O) groups is 1. The summed E-state index contributed by atoms with van der Waals surface area (Å²) < 4.78 is 5.98. The first-order valence-corrected chi connectivity index (χ1v) is 7.23. The lowest BCUT2D eigenvalue weighted by atomic mass is 9.85. The fourth-order valence-corrected chi connectivity index (χ4v) is 2.29. The van der Waals surface area contributed by atoms with Crippen LogP contribution in [0.4, 0.5) is 0 Å². The van der Waals surface area contributed by atoms with Crippen LogP contribution in [-0.2, 0) is 5.41 Å². The zero-order chi connectivity index (χ0) is 15.6. The third-order valence-corrected chi connectivity index (χ3v) is 3.50. The van der Waals surface area contributed by atoms with E-state index in [1.165, 1.54) is 5.56 Å². The Labute approximate surface area is 130 Å². The standard InChI is InChI=1S/C18H19ClO2/c1-12-5-8-16(15(9-12)18(2,3)4)21-17-10-14(19)7-6-13(17)11-20/h5-11H,1-4H3. The van der Waals surface area contributed by atoms with Crippen molar-refractivity contribution in [1.82, 2.24) is 0 Å². The molecule has 0 heterocycles. The van der Waals surface area contributed by atoms with Crippen LogP contribution < -0.4 is 4.74 Å². The van der Waals surface area contributed by atoms with E-state index in [1.54, 1.807) is 18.2 Å². The summed E-state index contributed by atoms with van der Waals surface area (Å²) >= 11 is 6.00. The van der Waals surface area contributed by atoms with E-state index in [0.717, 1.165) is 17.6 Å². The number of hydrogen-bond donors (Lipinski definition) is 0. The number of ether oxygens (including phenoxy) is 1. The molecule has 0 spiro atoms. The SMILES string of the molecule is Cc1ccc(Oc2cc(Cl)ccc2C=O)c(C(C)(C)C)c1. The lowest BCUT2D eigenvalue weighted by Crippen LogP contribution is -2.13.